The molecular weight excluding hydrogens is 168 g/mol. The molecule has 1 unspecified atom stereocenters. The molecule has 0 aliphatic heterocycles. The molecule has 64 valence electrons. The molecular formula is C7H11ClO3. The van der Waals surface area contributed by atoms with Crippen molar-refractivity contribution in [2.24, 2.45) is 0 Å². The highest BCUT2D eigenvalue weighted by atomic mass is 35.5. The highest BCUT2D eigenvalue weighted by molar-refractivity contribution is 6.18. The number of esters is 1. The van der Waals surface area contributed by atoms with Crippen molar-refractivity contribution < 1.29 is 14.6 Å². The molecule has 0 aromatic carbocycles. The van der Waals surface area contributed by atoms with Gasteiger partial charge in [-0.3, -0.25) is 0 Å². The molecule has 0 aromatic heterocycles. The van der Waals surface area contributed by atoms with Crippen LogP contribution in [0.5, 0.6) is 0 Å². The Kier molecular flexibility index (Phi) is 4.15. The summed E-state index contributed by atoms with van der Waals surface area (Å²) in [5.41, 5.74) is -1.15. The second-order valence-corrected chi connectivity index (χ2v) is 2.71. The summed E-state index contributed by atoms with van der Waals surface area (Å²) in [6.07, 6.45) is 1.03. The normalized spacial score (nSPS) is 15.2. The van der Waals surface area contributed by atoms with Gasteiger partial charge in [-0.25, -0.2) is 4.79 Å². The Balaban J connectivity index is 3.69. The van der Waals surface area contributed by atoms with E-state index in [1.807, 2.05) is 0 Å². The maximum atomic E-state index is 10.5. The summed E-state index contributed by atoms with van der Waals surface area (Å²) in [6, 6.07) is 0. The number of halogens is 1. The summed E-state index contributed by atoms with van der Waals surface area (Å²) in [5, 5.41) is 9.22. The van der Waals surface area contributed by atoms with E-state index in [2.05, 4.69) is 11.3 Å². The highest BCUT2D eigenvalue weighted by Crippen LogP contribution is 2.05. The Morgan fingerprint density at radius 1 is 1.91 bits per heavy atom. The Labute approximate surface area is 70.6 Å². The first-order chi connectivity index (χ1) is 5.02. The SMILES string of the molecule is C=CC(=O)OCC(C)(O)CCl. The third kappa shape index (κ3) is 4.81. The summed E-state index contributed by atoms with van der Waals surface area (Å²) < 4.78 is 4.56. The van der Waals surface area contributed by atoms with Crippen LogP contribution in [0.4, 0.5) is 0 Å². The van der Waals surface area contributed by atoms with E-state index >= 15 is 0 Å². The fourth-order valence-electron chi connectivity index (χ4n) is 0.324. The monoisotopic (exact) mass is 178 g/mol. The number of alkyl halides is 1. The van der Waals surface area contributed by atoms with Gasteiger partial charge in [0.2, 0.25) is 0 Å². The lowest BCUT2D eigenvalue weighted by Gasteiger charge is -2.18. The molecule has 0 aliphatic rings. The molecule has 0 heterocycles. The number of carbonyl (C=O) groups excluding carboxylic acids is 1. The number of aliphatic hydroxyl groups is 1. The molecule has 3 nitrogen and oxygen atoms in total. The molecule has 0 rings (SSSR count). The van der Waals surface area contributed by atoms with Crippen molar-refractivity contribution in [2.75, 3.05) is 12.5 Å². The average Bonchev–Trinajstić information content (AvgIpc) is 2.00. The van der Waals surface area contributed by atoms with E-state index in [4.69, 9.17) is 11.6 Å². The van der Waals surface area contributed by atoms with Crippen LogP contribution in [0, 0.1) is 0 Å². The van der Waals surface area contributed by atoms with Gasteiger partial charge in [-0.05, 0) is 6.92 Å². The average molecular weight is 179 g/mol. The third-order valence-electron chi connectivity index (χ3n) is 0.980. The standard InChI is InChI=1S/C7H11ClO3/c1-3-6(9)11-5-7(2,10)4-8/h3,10H,1,4-5H2,2H3. The molecule has 1 N–H and O–H groups in total. The van der Waals surface area contributed by atoms with Crippen molar-refractivity contribution in [2.45, 2.75) is 12.5 Å². The molecule has 0 radical (unpaired) electrons. The van der Waals surface area contributed by atoms with Gasteiger partial charge in [0.1, 0.15) is 12.2 Å². The van der Waals surface area contributed by atoms with Crippen LogP contribution in [0.25, 0.3) is 0 Å². The Morgan fingerprint density at radius 2 is 2.45 bits per heavy atom. The van der Waals surface area contributed by atoms with Gasteiger partial charge in [0.25, 0.3) is 0 Å². The summed E-state index contributed by atoms with van der Waals surface area (Å²) in [5.74, 6) is -0.535. The molecule has 0 saturated heterocycles. The van der Waals surface area contributed by atoms with Crippen LogP contribution in [0.2, 0.25) is 0 Å². The molecule has 11 heavy (non-hydrogen) atoms. The maximum Gasteiger partial charge on any atom is 0.330 e. The second kappa shape index (κ2) is 4.36. The van der Waals surface area contributed by atoms with E-state index in [-0.39, 0.29) is 12.5 Å². The number of ether oxygens (including phenoxy) is 1. The van der Waals surface area contributed by atoms with Crippen molar-refractivity contribution in [1.82, 2.24) is 0 Å². The Hall–Kier alpha value is -0.540. The van der Waals surface area contributed by atoms with Crippen LogP contribution in [0.3, 0.4) is 0 Å². The van der Waals surface area contributed by atoms with Crippen molar-refractivity contribution in [3.63, 3.8) is 0 Å². The van der Waals surface area contributed by atoms with Crippen LogP contribution in [0.15, 0.2) is 12.7 Å². The smallest absolute Gasteiger partial charge is 0.330 e. The maximum absolute atomic E-state index is 10.5. The third-order valence-corrected chi connectivity index (χ3v) is 1.56. The number of hydrogen-bond acceptors (Lipinski definition) is 3. The molecule has 0 spiro atoms. The number of hydrogen-bond donors (Lipinski definition) is 1. The van der Waals surface area contributed by atoms with E-state index in [0.717, 1.165) is 6.08 Å². The minimum Gasteiger partial charge on any atom is -0.459 e. The molecule has 4 heteroatoms. The van der Waals surface area contributed by atoms with Gasteiger partial charge in [0.05, 0.1) is 5.88 Å². The molecule has 0 saturated carbocycles. The topological polar surface area (TPSA) is 46.5 Å². The van der Waals surface area contributed by atoms with Gasteiger partial charge < -0.3 is 9.84 Å². The lowest BCUT2D eigenvalue weighted by molar-refractivity contribution is -0.143. The first kappa shape index (κ1) is 10.5. The number of carbonyl (C=O) groups is 1. The summed E-state index contributed by atoms with van der Waals surface area (Å²) in [4.78, 5) is 10.5. The minimum absolute atomic E-state index is 0.0252. The largest absolute Gasteiger partial charge is 0.459 e. The van der Waals surface area contributed by atoms with Gasteiger partial charge in [0.15, 0.2) is 0 Å². The van der Waals surface area contributed by atoms with E-state index in [9.17, 15) is 9.90 Å². The van der Waals surface area contributed by atoms with Crippen LogP contribution in [-0.2, 0) is 9.53 Å². The molecule has 0 fully saturated rings. The second-order valence-electron chi connectivity index (χ2n) is 2.44. The van der Waals surface area contributed by atoms with Crippen molar-refractivity contribution >= 4 is 17.6 Å². The molecule has 0 aliphatic carbocycles. The van der Waals surface area contributed by atoms with Crippen molar-refractivity contribution in [1.29, 1.82) is 0 Å². The van der Waals surface area contributed by atoms with E-state index in [0.29, 0.717) is 0 Å². The van der Waals surface area contributed by atoms with E-state index in [1.165, 1.54) is 6.92 Å². The lowest BCUT2D eigenvalue weighted by atomic mass is 10.2. The van der Waals surface area contributed by atoms with Gasteiger partial charge in [-0.15, -0.1) is 11.6 Å². The van der Waals surface area contributed by atoms with E-state index < -0.39 is 11.6 Å². The molecule has 1 atom stereocenters. The molecule has 0 bridgehead atoms. The zero-order chi connectivity index (χ0) is 8.91. The predicted molar refractivity (Wildman–Crippen MR) is 42.5 cm³/mol. The van der Waals surface area contributed by atoms with Gasteiger partial charge in [-0.2, -0.15) is 0 Å². The van der Waals surface area contributed by atoms with Gasteiger partial charge >= 0.3 is 5.97 Å². The summed E-state index contributed by atoms with van der Waals surface area (Å²) >= 11 is 5.35. The van der Waals surface area contributed by atoms with Crippen LogP contribution in [0.1, 0.15) is 6.92 Å². The number of rotatable bonds is 4. The first-order valence-corrected chi connectivity index (χ1v) is 3.63. The van der Waals surface area contributed by atoms with Crippen LogP contribution in [-0.4, -0.2) is 29.2 Å². The van der Waals surface area contributed by atoms with Crippen molar-refractivity contribution in [3.8, 4) is 0 Å². The predicted octanol–water partition coefficient (Wildman–Crippen LogP) is 0.705. The zero-order valence-corrected chi connectivity index (χ0v) is 7.10. The molecule has 0 aromatic rings. The Bertz CT molecular complexity index is 154. The van der Waals surface area contributed by atoms with E-state index in [1.54, 1.807) is 0 Å². The fraction of sp³-hybridized carbons (Fsp3) is 0.571. The summed E-state index contributed by atoms with van der Waals surface area (Å²) in [6.45, 7) is 4.57. The van der Waals surface area contributed by atoms with Gasteiger partial charge in [-0.1, -0.05) is 6.58 Å². The van der Waals surface area contributed by atoms with Crippen LogP contribution < -0.4 is 0 Å². The zero-order valence-electron chi connectivity index (χ0n) is 6.34. The lowest BCUT2D eigenvalue weighted by Crippen LogP contribution is -2.33. The van der Waals surface area contributed by atoms with Crippen LogP contribution >= 0.6 is 11.6 Å². The Morgan fingerprint density at radius 3 is 2.82 bits per heavy atom. The quantitative estimate of drug-likeness (QED) is 0.392. The fourth-order valence-corrected chi connectivity index (χ4v) is 0.401. The molecule has 0 amide bonds. The highest BCUT2D eigenvalue weighted by Gasteiger charge is 2.20. The van der Waals surface area contributed by atoms with Crippen molar-refractivity contribution in [3.05, 3.63) is 12.7 Å². The minimum atomic E-state index is -1.15. The van der Waals surface area contributed by atoms with Gasteiger partial charge in [0, 0.05) is 6.08 Å². The summed E-state index contributed by atoms with van der Waals surface area (Å²) in [7, 11) is 0. The first-order valence-electron chi connectivity index (χ1n) is 3.09.